The Balaban J connectivity index is 1.43. The van der Waals surface area contributed by atoms with Gasteiger partial charge in [-0.1, -0.05) is 0 Å². The van der Waals surface area contributed by atoms with Gasteiger partial charge in [-0.2, -0.15) is 10.4 Å². The molecule has 0 atom stereocenters. The minimum absolute atomic E-state index is 0.183. The van der Waals surface area contributed by atoms with Crippen molar-refractivity contribution in [1.29, 1.82) is 5.26 Å². The third-order valence-corrected chi connectivity index (χ3v) is 5.06. The van der Waals surface area contributed by atoms with Gasteiger partial charge in [0.1, 0.15) is 11.8 Å². The number of nitriles is 1. The fourth-order valence-corrected chi connectivity index (χ4v) is 3.37. The van der Waals surface area contributed by atoms with E-state index in [4.69, 9.17) is 24.2 Å². The second-order valence-electron chi connectivity index (χ2n) is 7.03. The number of H-pyrrole nitrogens is 1. The maximum atomic E-state index is 12.8. The van der Waals surface area contributed by atoms with Gasteiger partial charge < -0.3 is 23.8 Å². The summed E-state index contributed by atoms with van der Waals surface area (Å²) in [7, 11) is 4.61. The van der Waals surface area contributed by atoms with Crippen molar-refractivity contribution in [3.8, 4) is 40.5 Å². The second kappa shape index (κ2) is 8.85. The summed E-state index contributed by atoms with van der Waals surface area (Å²) in [6.07, 6.45) is 1.34. The van der Waals surface area contributed by atoms with Crippen molar-refractivity contribution >= 4 is 5.91 Å². The topological polar surface area (TPSA) is 123 Å². The first kappa shape index (κ1) is 21.0. The van der Waals surface area contributed by atoms with Crippen LogP contribution in [0.1, 0.15) is 16.1 Å². The number of ether oxygens (including phenoxy) is 4. The molecule has 32 heavy (non-hydrogen) atoms. The highest BCUT2D eigenvalue weighted by Crippen LogP contribution is 2.40. The Kier molecular flexibility index (Phi) is 5.81. The lowest BCUT2D eigenvalue weighted by Gasteiger charge is -2.38. The van der Waals surface area contributed by atoms with Crippen molar-refractivity contribution in [2.45, 2.75) is 6.10 Å². The Hall–Kier alpha value is -4.26. The molecule has 10 nitrogen and oxygen atoms in total. The predicted molar refractivity (Wildman–Crippen MR) is 113 cm³/mol. The average Bonchev–Trinajstić information content (AvgIpc) is 3.30. The smallest absolute Gasteiger partial charge is 0.272 e. The van der Waals surface area contributed by atoms with Crippen LogP contribution in [0.4, 0.5) is 0 Å². The van der Waals surface area contributed by atoms with Crippen LogP contribution >= 0.6 is 0 Å². The van der Waals surface area contributed by atoms with E-state index in [1.807, 2.05) is 6.07 Å². The van der Waals surface area contributed by atoms with E-state index in [2.05, 4.69) is 15.2 Å². The standard InChI is InChI=1S/C22H21N5O5/c1-29-18-7-14(8-19(30-2)21(18)31-3)16-9-17(26-25-16)22(28)27-11-15(12-27)32-20-6-13(10-23)4-5-24-20/h4-9,15H,11-12H2,1-3H3,(H,25,26). The van der Waals surface area contributed by atoms with Gasteiger partial charge in [0.2, 0.25) is 11.6 Å². The van der Waals surface area contributed by atoms with Gasteiger partial charge in [-0.15, -0.1) is 0 Å². The molecule has 0 bridgehead atoms. The third-order valence-electron chi connectivity index (χ3n) is 5.06. The molecule has 10 heteroatoms. The minimum Gasteiger partial charge on any atom is -0.493 e. The van der Waals surface area contributed by atoms with E-state index in [1.165, 1.54) is 27.5 Å². The number of aromatic amines is 1. The molecular formula is C22H21N5O5. The number of hydrogen-bond acceptors (Lipinski definition) is 8. The van der Waals surface area contributed by atoms with Crippen LogP contribution in [0.2, 0.25) is 0 Å². The molecule has 1 fully saturated rings. The van der Waals surface area contributed by atoms with Gasteiger partial charge in [-0.05, 0) is 24.3 Å². The number of nitrogens with one attached hydrogen (secondary N) is 1. The maximum Gasteiger partial charge on any atom is 0.272 e. The first-order valence-electron chi connectivity index (χ1n) is 9.74. The highest BCUT2D eigenvalue weighted by Gasteiger charge is 2.34. The third kappa shape index (κ3) is 4.00. The zero-order valence-corrected chi connectivity index (χ0v) is 17.8. The number of amides is 1. The molecule has 3 heterocycles. The molecule has 164 valence electrons. The van der Waals surface area contributed by atoms with Crippen molar-refractivity contribution in [3.63, 3.8) is 0 Å². The summed E-state index contributed by atoms with van der Waals surface area (Å²) < 4.78 is 21.8. The molecule has 1 aliphatic heterocycles. The summed E-state index contributed by atoms with van der Waals surface area (Å²) in [4.78, 5) is 18.5. The van der Waals surface area contributed by atoms with Crippen LogP contribution in [0.25, 0.3) is 11.3 Å². The van der Waals surface area contributed by atoms with Gasteiger partial charge in [0.25, 0.3) is 5.91 Å². The van der Waals surface area contributed by atoms with Gasteiger partial charge >= 0.3 is 0 Å². The molecule has 1 N–H and O–H groups in total. The molecule has 0 radical (unpaired) electrons. The fourth-order valence-electron chi connectivity index (χ4n) is 3.37. The van der Waals surface area contributed by atoms with Crippen molar-refractivity contribution in [2.24, 2.45) is 0 Å². The summed E-state index contributed by atoms with van der Waals surface area (Å²) >= 11 is 0. The lowest BCUT2D eigenvalue weighted by Crippen LogP contribution is -2.56. The molecule has 1 aliphatic rings. The largest absolute Gasteiger partial charge is 0.493 e. The predicted octanol–water partition coefficient (Wildman–Crippen LogP) is 2.27. The van der Waals surface area contributed by atoms with E-state index in [9.17, 15) is 4.79 Å². The Morgan fingerprint density at radius 3 is 2.47 bits per heavy atom. The fraction of sp³-hybridized carbons (Fsp3) is 0.273. The number of methoxy groups -OCH3 is 3. The molecule has 0 unspecified atom stereocenters. The van der Waals surface area contributed by atoms with E-state index in [0.29, 0.717) is 58.7 Å². The second-order valence-corrected chi connectivity index (χ2v) is 7.03. The SMILES string of the molecule is COc1cc(-c2cc(C(=O)N3CC(Oc4cc(C#N)ccn4)C3)[nH]n2)cc(OC)c1OC. The van der Waals surface area contributed by atoms with Gasteiger partial charge in [0.05, 0.1) is 51.7 Å². The Morgan fingerprint density at radius 1 is 1.12 bits per heavy atom. The van der Waals surface area contributed by atoms with Crippen LogP contribution in [0.15, 0.2) is 36.5 Å². The summed E-state index contributed by atoms with van der Waals surface area (Å²) in [6, 6.07) is 10.4. The van der Waals surface area contributed by atoms with Crippen LogP contribution < -0.4 is 18.9 Å². The molecule has 4 rings (SSSR count). The molecule has 0 spiro atoms. The van der Waals surface area contributed by atoms with Gasteiger partial charge in [0.15, 0.2) is 11.5 Å². The summed E-state index contributed by atoms with van der Waals surface area (Å²) in [5.41, 5.74) is 2.11. The highest BCUT2D eigenvalue weighted by atomic mass is 16.5. The van der Waals surface area contributed by atoms with Gasteiger partial charge in [0, 0.05) is 17.8 Å². The van der Waals surface area contributed by atoms with Crippen molar-refractivity contribution in [1.82, 2.24) is 20.1 Å². The van der Waals surface area contributed by atoms with E-state index < -0.39 is 0 Å². The first-order chi connectivity index (χ1) is 15.6. The van der Waals surface area contributed by atoms with Gasteiger partial charge in [-0.3, -0.25) is 9.89 Å². The summed E-state index contributed by atoms with van der Waals surface area (Å²) in [5.74, 6) is 1.65. The van der Waals surface area contributed by atoms with Crippen LogP contribution in [-0.4, -0.2) is 66.5 Å². The number of aromatic nitrogens is 3. The van der Waals surface area contributed by atoms with Crippen LogP contribution in [0, 0.1) is 11.3 Å². The van der Waals surface area contributed by atoms with E-state index in [0.717, 1.165) is 0 Å². The van der Waals surface area contributed by atoms with Crippen LogP contribution in [0.5, 0.6) is 23.1 Å². The number of carbonyl (C=O) groups is 1. The van der Waals surface area contributed by atoms with Crippen molar-refractivity contribution < 1.29 is 23.7 Å². The van der Waals surface area contributed by atoms with Crippen LogP contribution in [0.3, 0.4) is 0 Å². The molecule has 2 aromatic heterocycles. The molecule has 1 saturated heterocycles. The van der Waals surface area contributed by atoms with Gasteiger partial charge in [-0.25, -0.2) is 4.98 Å². The van der Waals surface area contributed by atoms with Crippen LogP contribution in [-0.2, 0) is 0 Å². The summed E-state index contributed by atoms with van der Waals surface area (Å²) in [5, 5.41) is 16.0. The number of likely N-dealkylation sites (tertiary alicyclic amines) is 1. The average molecular weight is 435 g/mol. The zero-order chi connectivity index (χ0) is 22.7. The lowest BCUT2D eigenvalue weighted by atomic mass is 10.1. The lowest BCUT2D eigenvalue weighted by molar-refractivity contribution is 0.0155. The quantitative estimate of drug-likeness (QED) is 0.600. The van der Waals surface area contributed by atoms with Crippen molar-refractivity contribution in [2.75, 3.05) is 34.4 Å². The number of carbonyl (C=O) groups excluding carboxylic acids is 1. The Labute approximate surface area is 184 Å². The maximum absolute atomic E-state index is 12.8. The van der Waals surface area contributed by atoms with E-state index in [1.54, 1.807) is 35.2 Å². The molecule has 0 saturated carbocycles. The zero-order valence-electron chi connectivity index (χ0n) is 17.8. The number of rotatable bonds is 7. The van der Waals surface area contributed by atoms with E-state index >= 15 is 0 Å². The summed E-state index contributed by atoms with van der Waals surface area (Å²) in [6.45, 7) is 0.825. The number of nitrogens with zero attached hydrogens (tertiary/aromatic N) is 4. The Morgan fingerprint density at radius 2 is 1.84 bits per heavy atom. The molecule has 0 aliphatic carbocycles. The van der Waals surface area contributed by atoms with Crippen molar-refractivity contribution in [3.05, 3.63) is 47.8 Å². The monoisotopic (exact) mass is 435 g/mol. The highest BCUT2D eigenvalue weighted by molar-refractivity contribution is 5.94. The normalized spacial score (nSPS) is 13.1. The molecule has 3 aromatic rings. The van der Waals surface area contributed by atoms with E-state index in [-0.39, 0.29) is 12.0 Å². The molecule has 1 amide bonds. The molecular weight excluding hydrogens is 414 g/mol. The first-order valence-corrected chi connectivity index (χ1v) is 9.74. The minimum atomic E-state index is -0.185. The Bertz CT molecular complexity index is 1150. The molecule has 1 aromatic carbocycles. The number of benzene rings is 1. The number of pyridine rings is 1. The number of hydrogen-bond donors (Lipinski definition) is 1.